The quantitative estimate of drug-likeness (QED) is 0.363. The van der Waals surface area contributed by atoms with Gasteiger partial charge in [-0.05, 0) is 35.4 Å². The zero-order chi connectivity index (χ0) is 21.3. The Morgan fingerprint density at radius 3 is 2.28 bits per heavy atom. The van der Waals surface area contributed by atoms with Gasteiger partial charge in [0.25, 0.3) is 0 Å². The average molecular weight is 415 g/mol. The summed E-state index contributed by atoms with van der Waals surface area (Å²) >= 11 is 0. The van der Waals surface area contributed by atoms with Gasteiger partial charge < -0.3 is 4.74 Å². The van der Waals surface area contributed by atoms with Crippen LogP contribution in [0.1, 0.15) is 0 Å². The van der Waals surface area contributed by atoms with Crippen molar-refractivity contribution in [2.45, 2.75) is 0 Å². The van der Waals surface area contributed by atoms with Crippen molar-refractivity contribution < 1.29 is 4.74 Å². The van der Waals surface area contributed by atoms with Gasteiger partial charge in [0.2, 0.25) is 5.88 Å². The summed E-state index contributed by atoms with van der Waals surface area (Å²) in [4.78, 5) is 17.1. The highest BCUT2D eigenvalue weighted by atomic mass is 16.5. The summed E-state index contributed by atoms with van der Waals surface area (Å²) in [5.41, 5.74) is 4.30. The van der Waals surface area contributed by atoms with Gasteiger partial charge in [-0.1, -0.05) is 42.5 Å². The fourth-order valence-electron chi connectivity index (χ4n) is 4.00. The summed E-state index contributed by atoms with van der Waals surface area (Å²) in [6, 6.07) is 22.8. The Bertz CT molecular complexity index is 1550. The molecule has 3 aromatic carbocycles. The lowest BCUT2D eigenvalue weighted by Crippen LogP contribution is -1.97. The molecule has 32 heavy (non-hydrogen) atoms. The van der Waals surface area contributed by atoms with Crippen molar-refractivity contribution in [3.63, 3.8) is 0 Å². The lowest BCUT2D eigenvalue weighted by Gasteiger charge is -2.09. The molecule has 0 spiro atoms. The van der Waals surface area contributed by atoms with Crippen molar-refractivity contribution in [1.29, 1.82) is 0 Å². The molecule has 0 unspecified atom stereocenters. The summed E-state index contributed by atoms with van der Waals surface area (Å²) in [6.07, 6.45) is 10.0. The molecular formula is C26H17N5O. The van der Waals surface area contributed by atoms with E-state index < -0.39 is 0 Å². The Hall–Kier alpha value is -4.58. The number of nitrogens with zero attached hydrogens (tertiary/aromatic N) is 5. The van der Waals surface area contributed by atoms with Gasteiger partial charge in [-0.3, -0.25) is 14.5 Å². The van der Waals surface area contributed by atoms with Gasteiger partial charge in [0.15, 0.2) is 5.82 Å². The Balaban J connectivity index is 1.50. The molecule has 0 bridgehead atoms. The number of ether oxygens (including phenoxy) is 1. The smallest absolute Gasteiger partial charge is 0.237 e. The lowest BCUT2D eigenvalue weighted by molar-refractivity contribution is 0.460. The minimum atomic E-state index is 0.461. The number of para-hydroxylation sites is 1. The van der Waals surface area contributed by atoms with E-state index in [1.165, 1.54) is 10.8 Å². The van der Waals surface area contributed by atoms with Crippen molar-refractivity contribution in [3.05, 3.63) is 104 Å². The van der Waals surface area contributed by atoms with Crippen molar-refractivity contribution in [2.75, 3.05) is 0 Å². The van der Waals surface area contributed by atoms with E-state index in [4.69, 9.17) is 4.74 Å². The van der Waals surface area contributed by atoms with Crippen LogP contribution in [-0.2, 0) is 0 Å². The third-order valence-electron chi connectivity index (χ3n) is 5.38. The molecule has 3 heterocycles. The first-order valence-corrected chi connectivity index (χ1v) is 10.2. The second-order valence-corrected chi connectivity index (χ2v) is 7.32. The summed E-state index contributed by atoms with van der Waals surface area (Å²) in [7, 11) is 0. The van der Waals surface area contributed by atoms with Crippen LogP contribution in [-0.4, -0.2) is 24.5 Å². The minimum Gasteiger partial charge on any atom is -0.437 e. The average Bonchev–Trinajstić information content (AvgIpc) is 3.19. The SMILES string of the molecule is c1cc(Oc2cnccn2)cc(-c2ccc3c4ccccc4n(-c4cnccn4)c3c2)c1. The zero-order valence-corrected chi connectivity index (χ0v) is 17.0. The Labute approximate surface area is 183 Å². The molecule has 0 atom stereocenters. The van der Waals surface area contributed by atoms with E-state index in [-0.39, 0.29) is 0 Å². The molecule has 6 heteroatoms. The molecule has 0 N–H and O–H groups in total. The van der Waals surface area contributed by atoms with Gasteiger partial charge in [-0.25, -0.2) is 9.97 Å². The third-order valence-corrected chi connectivity index (χ3v) is 5.38. The Kier molecular flexibility index (Phi) is 4.32. The number of aromatic nitrogens is 5. The molecule has 0 radical (unpaired) electrons. The van der Waals surface area contributed by atoms with Gasteiger partial charge in [0, 0.05) is 35.6 Å². The fourth-order valence-corrected chi connectivity index (χ4v) is 4.00. The van der Waals surface area contributed by atoms with E-state index >= 15 is 0 Å². The molecule has 6 aromatic rings. The summed E-state index contributed by atoms with van der Waals surface area (Å²) < 4.78 is 8.03. The van der Waals surface area contributed by atoms with Crippen LogP contribution in [0.3, 0.4) is 0 Å². The molecule has 3 aromatic heterocycles. The topological polar surface area (TPSA) is 65.7 Å². The monoisotopic (exact) mass is 415 g/mol. The first-order chi connectivity index (χ1) is 15.9. The van der Waals surface area contributed by atoms with Gasteiger partial charge in [0.1, 0.15) is 5.75 Å². The number of hydrogen-bond donors (Lipinski definition) is 0. The van der Waals surface area contributed by atoms with Gasteiger partial charge in [0.05, 0.1) is 23.4 Å². The Morgan fingerprint density at radius 2 is 1.44 bits per heavy atom. The van der Waals surface area contributed by atoms with Crippen molar-refractivity contribution in [2.24, 2.45) is 0 Å². The standard InChI is InChI=1S/C26H17N5O/c1-2-7-23-21(6-1)22-9-8-19(15-24(22)31(23)25-16-27-10-12-29-25)18-4-3-5-20(14-18)32-26-17-28-11-13-30-26/h1-17H. The lowest BCUT2D eigenvalue weighted by atomic mass is 10.0. The highest BCUT2D eigenvalue weighted by molar-refractivity contribution is 6.10. The molecule has 0 fully saturated rings. The normalized spacial score (nSPS) is 11.1. The predicted octanol–water partition coefficient (Wildman–Crippen LogP) is 5.82. The predicted molar refractivity (Wildman–Crippen MR) is 124 cm³/mol. The van der Waals surface area contributed by atoms with Gasteiger partial charge in [-0.2, -0.15) is 0 Å². The van der Waals surface area contributed by atoms with Crippen LogP contribution in [0.4, 0.5) is 0 Å². The number of hydrogen-bond acceptors (Lipinski definition) is 5. The van der Waals surface area contributed by atoms with E-state index in [2.05, 4.69) is 67.0 Å². The highest BCUT2D eigenvalue weighted by Gasteiger charge is 2.14. The van der Waals surface area contributed by atoms with Crippen LogP contribution in [0.25, 0.3) is 38.8 Å². The van der Waals surface area contributed by atoms with Crippen molar-refractivity contribution in [3.8, 4) is 28.6 Å². The molecule has 0 aliphatic carbocycles. The molecule has 0 aliphatic rings. The van der Waals surface area contributed by atoms with Crippen LogP contribution in [0.2, 0.25) is 0 Å². The second kappa shape index (κ2) is 7.59. The molecule has 152 valence electrons. The molecule has 0 aliphatic heterocycles. The molecule has 6 rings (SSSR count). The van der Waals surface area contributed by atoms with E-state index in [0.29, 0.717) is 11.6 Å². The van der Waals surface area contributed by atoms with Gasteiger partial charge >= 0.3 is 0 Å². The second-order valence-electron chi connectivity index (χ2n) is 7.32. The van der Waals surface area contributed by atoms with Crippen LogP contribution >= 0.6 is 0 Å². The van der Waals surface area contributed by atoms with E-state index in [1.54, 1.807) is 37.2 Å². The van der Waals surface area contributed by atoms with E-state index in [1.807, 2.05) is 24.3 Å². The van der Waals surface area contributed by atoms with Crippen LogP contribution in [0.5, 0.6) is 11.6 Å². The van der Waals surface area contributed by atoms with Gasteiger partial charge in [-0.15, -0.1) is 0 Å². The van der Waals surface area contributed by atoms with Crippen LogP contribution in [0, 0.1) is 0 Å². The van der Waals surface area contributed by atoms with E-state index in [0.717, 1.165) is 28.0 Å². The zero-order valence-electron chi connectivity index (χ0n) is 17.0. The maximum atomic E-state index is 5.87. The van der Waals surface area contributed by atoms with Crippen LogP contribution < -0.4 is 4.74 Å². The Morgan fingerprint density at radius 1 is 0.625 bits per heavy atom. The molecule has 6 nitrogen and oxygen atoms in total. The number of benzene rings is 3. The maximum Gasteiger partial charge on any atom is 0.237 e. The largest absolute Gasteiger partial charge is 0.437 e. The molecule has 0 saturated carbocycles. The molecule has 0 amide bonds. The first-order valence-electron chi connectivity index (χ1n) is 10.2. The number of fused-ring (bicyclic) bond motifs is 3. The third kappa shape index (κ3) is 3.15. The summed E-state index contributed by atoms with van der Waals surface area (Å²) in [5, 5.41) is 2.35. The minimum absolute atomic E-state index is 0.461. The first kappa shape index (κ1) is 18.2. The highest BCUT2D eigenvalue weighted by Crippen LogP contribution is 2.35. The number of rotatable bonds is 4. The maximum absolute atomic E-state index is 5.87. The van der Waals surface area contributed by atoms with Crippen molar-refractivity contribution >= 4 is 21.8 Å². The van der Waals surface area contributed by atoms with E-state index in [9.17, 15) is 0 Å². The fraction of sp³-hybridized carbons (Fsp3) is 0. The molecular weight excluding hydrogens is 398 g/mol. The van der Waals surface area contributed by atoms with Crippen LogP contribution in [0.15, 0.2) is 104 Å². The molecule has 0 saturated heterocycles. The summed E-state index contributed by atoms with van der Waals surface area (Å²) in [5.74, 6) is 1.95. The summed E-state index contributed by atoms with van der Waals surface area (Å²) in [6.45, 7) is 0. The van der Waals surface area contributed by atoms with Crippen molar-refractivity contribution in [1.82, 2.24) is 24.5 Å².